The number of thiophene rings is 1. The Kier molecular flexibility index (Phi) is 9.33. The Morgan fingerprint density at radius 1 is 1.08 bits per heavy atom. The number of aromatic nitrogens is 1. The largest absolute Gasteiger partial charge is 0.493 e. The van der Waals surface area contributed by atoms with E-state index in [1.54, 1.807) is 35.7 Å². The normalized spacial score (nSPS) is 12.0. The molecule has 0 spiro atoms. The summed E-state index contributed by atoms with van der Waals surface area (Å²) in [6.07, 6.45) is 2.52. The highest BCUT2D eigenvalue weighted by molar-refractivity contribution is 7.07. The van der Waals surface area contributed by atoms with E-state index < -0.39 is 5.60 Å². The molecule has 0 aliphatic heterocycles. The molecular formula is C28H36N2O4SSi. The Hall–Kier alpha value is -2.68. The van der Waals surface area contributed by atoms with Gasteiger partial charge in [-0.25, -0.2) is 4.98 Å². The van der Waals surface area contributed by atoms with E-state index in [2.05, 4.69) is 47.9 Å². The number of benzene rings is 1. The first-order valence-electron chi connectivity index (χ1n) is 12.1. The van der Waals surface area contributed by atoms with Crippen LogP contribution in [-0.2, 0) is 16.4 Å². The Morgan fingerprint density at radius 3 is 2.44 bits per heavy atom. The quantitative estimate of drug-likeness (QED) is 0.277. The SMILES string of the molecule is CC(C)Oc1cc(OCCc2ccsc2)cc(C(=O)Nc2ccc(C(C)(C)O[Si]C(C)(C)C)cn2)c1. The van der Waals surface area contributed by atoms with Gasteiger partial charge in [-0.3, -0.25) is 4.79 Å². The smallest absolute Gasteiger partial charge is 0.257 e. The van der Waals surface area contributed by atoms with E-state index in [9.17, 15) is 4.79 Å². The molecule has 2 aromatic heterocycles. The van der Waals surface area contributed by atoms with Crippen molar-refractivity contribution in [3.8, 4) is 11.5 Å². The van der Waals surface area contributed by atoms with Crippen molar-refractivity contribution < 1.29 is 18.7 Å². The van der Waals surface area contributed by atoms with Crippen LogP contribution in [0.25, 0.3) is 0 Å². The molecule has 2 heterocycles. The maximum absolute atomic E-state index is 13.1. The van der Waals surface area contributed by atoms with Gasteiger partial charge in [0.2, 0.25) is 9.76 Å². The van der Waals surface area contributed by atoms with Crippen molar-refractivity contribution >= 4 is 32.8 Å². The summed E-state index contributed by atoms with van der Waals surface area (Å²) in [6.45, 7) is 14.9. The van der Waals surface area contributed by atoms with Gasteiger partial charge in [-0.2, -0.15) is 11.3 Å². The van der Waals surface area contributed by atoms with Crippen LogP contribution in [0.4, 0.5) is 5.82 Å². The molecule has 1 N–H and O–H groups in total. The van der Waals surface area contributed by atoms with Gasteiger partial charge in [-0.1, -0.05) is 26.8 Å². The highest BCUT2D eigenvalue weighted by Gasteiger charge is 2.25. The van der Waals surface area contributed by atoms with Crippen molar-refractivity contribution in [2.24, 2.45) is 0 Å². The minimum Gasteiger partial charge on any atom is -0.493 e. The average Bonchev–Trinajstić information content (AvgIpc) is 3.31. The molecular weight excluding hydrogens is 488 g/mol. The minimum absolute atomic E-state index is 0.0272. The Morgan fingerprint density at radius 2 is 1.83 bits per heavy atom. The predicted molar refractivity (Wildman–Crippen MR) is 147 cm³/mol. The van der Waals surface area contributed by atoms with Crippen molar-refractivity contribution in [1.29, 1.82) is 0 Å². The number of amides is 1. The fourth-order valence-electron chi connectivity index (χ4n) is 3.20. The van der Waals surface area contributed by atoms with Gasteiger partial charge in [-0.05, 0) is 73.3 Å². The van der Waals surface area contributed by atoms with Gasteiger partial charge in [0.15, 0.2) is 0 Å². The molecule has 0 aliphatic rings. The summed E-state index contributed by atoms with van der Waals surface area (Å²) in [5.41, 5.74) is 2.15. The first-order valence-corrected chi connectivity index (χ1v) is 13.9. The zero-order chi connectivity index (χ0) is 26.3. The van der Waals surface area contributed by atoms with E-state index in [0.717, 1.165) is 12.0 Å². The predicted octanol–water partition coefficient (Wildman–Crippen LogP) is 6.89. The topological polar surface area (TPSA) is 69.7 Å². The number of nitrogens with one attached hydrogen (secondary N) is 1. The second-order valence-electron chi connectivity index (χ2n) is 10.4. The molecule has 0 saturated carbocycles. The Bertz CT molecular complexity index is 1120. The van der Waals surface area contributed by atoms with Crippen LogP contribution in [0.5, 0.6) is 11.5 Å². The van der Waals surface area contributed by atoms with Crippen molar-refractivity contribution in [3.05, 3.63) is 70.0 Å². The van der Waals surface area contributed by atoms with E-state index in [0.29, 0.717) is 39.3 Å². The summed E-state index contributed by atoms with van der Waals surface area (Å²) < 4.78 is 18.0. The highest BCUT2D eigenvalue weighted by Crippen LogP contribution is 2.30. The van der Waals surface area contributed by atoms with Gasteiger partial charge in [0.05, 0.1) is 18.3 Å². The lowest BCUT2D eigenvalue weighted by atomic mass is 10.0. The molecule has 0 atom stereocenters. The fraction of sp³-hybridized carbons (Fsp3) is 0.429. The maximum atomic E-state index is 13.1. The van der Waals surface area contributed by atoms with Crippen LogP contribution < -0.4 is 14.8 Å². The number of anilines is 1. The lowest BCUT2D eigenvalue weighted by Gasteiger charge is -2.29. The van der Waals surface area contributed by atoms with E-state index in [1.807, 2.05) is 39.8 Å². The van der Waals surface area contributed by atoms with Crippen molar-refractivity contribution in [3.63, 3.8) is 0 Å². The number of carbonyl (C=O) groups excluding carboxylic acids is 1. The Labute approximate surface area is 221 Å². The van der Waals surface area contributed by atoms with E-state index in [4.69, 9.17) is 13.9 Å². The van der Waals surface area contributed by atoms with Gasteiger partial charge < -0.3 is 19.2 Å². The average molecular weight is 525 g/mol. The lowest BCUT2D eigenvalue weighted by molar-refractivity contribution is 0.102. The van der Waals surface area contributed by atoms with Crippen LogP contribution in [0, 0.1) is 0 Å². The molecule has 36 heavy (non-hydrogen) atoms. The van der Waals surface area contributed by atoms with Gasteiger partial charge in [0, 0.05) is 29.8 Å². The maximum Gasteiger partial charge on any atom is 0.257 e. The molecule has 192 valence electrons. The van der Waals surface area contributed by atoms with Crippen LogP contribution in [0.3, 0.4) is 0 Å². The summed E-state index contributed by atoms with van der Waals surface area (Å²) in [5, 5.41) is 7.14. The molecule has 0 unspecified atom stereocenters. The van der Waals surface area contributed by atoms with E-state index >= 15 is 0 Å². The minimum atomic E-state index is -0.473. The third-order valence-corrected chi connectivity index (χ3v) is 7.02. The first-order chi connectivity index (χ1) is 16.9. The lowest BCUT2D eigenvalue weighted by Crippen LogP contribution is -2.27. The van der Waals surface area contributed by atoms with Gasteiger partial charge in [0.1, 0.15) is 17.3 Å². The number of pyridine rings is 1. The van der Waals surface area contributed by atoms with E-state index in [1.165, 1.54) is 5.56 Å². The molecule has 0 bridgehead atoms. The molecule has 0 aliphatic carbocycles. The zero-order valence-corrected chi connectivity index (χ0v) is 24.0. The monoisotopic (exact) mass is 524 g/mol. The number of rotatable bonds is 11. The molecule has 0 saturated heterocycles. The fourth-order valence-corrected chi connectivity index (χ4v) is 4.58. The van der Waals surface area contributed by atoms with Crippen LogP contribution in [0.15, 0.2) is 53.4 Å². The molecule has 2 radical (unpaired) electrons. The van der Waals surface area contributed by atoms with Crippen LogP contribution >= 0.6 is 11.3 Å². The molecule has 6 nitrogen and oxygen atoms in total. The number of hydrogen-bond donors (Lipinski definition) is 1. The van der Waals surface area contributed by atoms with Crippen LogP contribution in [0.2, 0.25) is 5.04 Å². The summed E-state index contributed by atoms with van der Waals surface area (Å²) in [5.74, 6) is 1.37. The molecule has 3 rings (SSSR count). The standard InChI is InChI=1S/C28H36N2O4SSi/c1-19(2)33-24-15-21(14-23(16-24)32-12-10-20-11-13-35-18-20)26(31)30-25-9-8-22(17-29-25)28(6,7)34-36-27(3,4)5/h8-9,11,13-19H,10,12H2,1-7H3,(H,29,30,31). The van der Waals surface area contributed by atoms with Gasteiger partial charge in [-0.15, -0.1) is 0 Å². The molecule has 1 amide bonds. The number of ether oxygens (including phenoxy) is 2. The summed E-state index contributed by atoms with van der Waals surface area (Å²) >= 11 is 1.67. The molecule has 0 fully saturated rings. The first kappa shape index (κ1) is 27.9. The molecule has 8 heteroatoms. The third kappa shape index (κ3) is 8.76. The third-order valence-electron chi connectivity index (χ3n) is 5.07. The zero-order valence-electron chi connectivity index (χ0n) is 22.2. The van der Waals surface area contributed by atoms with E-state index in [-0.39, 0.29) is 17.0 Å². The van der Waals surface area contributed by atoms with Crippen molar-refractivity contribution in [2.45, 2.75) is 71.6 Å². The number of carbonyl (C=O) groups is 1. The summed E-state index contributed by atoms with van der Waals surface area (Å²) in [6, 6.07) is 11.1. The van der Waals surface area contributed by atoms with Crippen LogP contribution in [-0.4, -0.2) is 33.4 Å². The Balaban J connectivity index is 1.69. The second kappa shape index (κ2) is 12.0. The highest BCUT2D eigenvalue weighted by atomic mass is 32.1. The number of hydrogen-bond acceptors (Lipinski definition) is 6. The number of nitrogens with zero attached hydrogens (tertiary/aromatic N) is 1. The summed E-state index contributed by atoms with van der Waals surface area (Å²) in [7, 11) is 0.361. The van der Waals surface area contributed by atoms with Crippen molar-refractivity contribution in [2.75, 3.05) is 11.9 Å². The molecule has 1 aromatic carbocycles. The molecule has 3 aromatic rings. The second-order valence-corrected chi connectivity index (χ2v) is 13.1. The van der Waals surface area contributed by atoms with Crippen LogP contribution in [0.1, 0.15) is 70.0 Å². The summed E-state index contributed by atoms with van der Waals surface area (Å²) in [4.78, 5) is 17.5. The van der Waals surface area contributed by atoms with Crippen molar-refractivity contribution in [1.82, 2.24) is 4.98 Å². The van der Waals surface area contributed by atoms with Gasteiger partial charge in [0.25, 0.3) is 5.91 Å². The van der Waals surface area contributed by atoms with Gasteiger partial charge >= 0.3 is 0 Å².